The zero-order valence-corrected chi connectivity index (χ0v) is 15.6. The Labute approximate surface area is 149 Å². The van der Waals surface area contributed by atoms with Gasteiger partial charge < -0.3 is 9.31 Å². The van der Waals surface area contributed by atoms with Gasteiger partial charge in [-0.25, -0.2) is 8.42 Å². The molecule has 1 aliphatic rings. The minimum Gasteiger partial charge on any atom is -0.399 e. The van der Waals surface area contributed by atoms with E-state index in [-0.39, 0.29) is 4.90 Å². The molecule has 0 aromatic heterocycles. The Kier molecular flexibility index (Phi) is 4.43. The lowest BCUT2D eigenvalue weighted by molar-refractivity contribution is 0.00578. The van der Waals surface area contributed by atoms with Crippen molar-refractivity contribution in [3.05, 3.63) is 54.6 Å². The average Bonchev–Trinajstić information content (AvgIpc) is 2.76. The largest absolute Gasteiger partial charge is 0.494 e. The number of nitrogens with one attached hydrogen (secondary N) is 1. The molecule has 0 unspecified atom stereocenters. The number of hydrogen-bond acceptors (Lipinski definition) is 4. The second-order valence-corrected chi connectivity index (χ2v) is 8.81. The molecular formula is C18H22BNO4S. The van der Waals surface area contributed by atoms with Crippen molar-refractivity contribution in [2.24, 2.45) is 0 Å². The second kappa shape index (κ2) is 6.16. The third-order valence-electron chi connectivity index (χ3n) is 4.72. The summed E-state index contributed by atoms with van der Waals surface area (Å²) in [5.41, 5.74) is 0.344. The molecule has 132 valence electrons. The van der Waals surface area contributed by atoms with E-state index in [0.29, 0.717) is 5.69 Å². The molecule has 0 radical (unpaired) electrons. The minimum absolute atomic E-state index is 0.219. The Morgan fingerprint density at radius 1 is 0.880 bits per heavy atom. The fourth-order valence-corrected chi connectivity index (χ4v) is 3.61. The maximum atomic E-state index is 12.5. The van der Waals surface area contributed by atoms with Crippen LogP contribution in [0, 0.1) is 0 Å². The molecule has 2 aromatic rings. The van der Waals surface area contributed by atoms with Gasteiger partial charge in [0.15, 0.2) is 0 Å². The van der Waals surface area contributed by atoms with E-state index in [1.54, 1.807) is 48.5 Å². The Hall–Kier alpha value is -1.83. The van der Waals surface area contributed by atoms with Crippen molar-refractivity contribution < 1.29 is 17.7 Å². The van der Waals surface area contributed by atoms with Crippen LogP contribution >= 0.6 is 0 Å². The summed E-state index contributed by atoms with van der Waals surface area (Å²) < 4.78 is 39.6. The first-order chi connectivity index (χ1) is 11.6. The quantitative estimate of drug-likeness (QED) is 0.853. The monoisotopic (exact) mass is 359 g/mol. The van der Waals surface area contributed by atoms with Crippen LogP contribution in [0.4, 0.5) is 5.69 Å². The van der Waals surface area contributed by atoms with Gasteiger partial charge in [0.05, 0.1) is 16.1 Å². The van der Waals surface area contributed by atoms with Crippen molar-refractivity contribution in [3.8, 4) is 0 Å². The summed E-state index contributed by atoms with van der Waals surface area (Å²) in [7, 11) is -4.17. The highest BCUT2D eigenvalue weighted by Crippen LogP contribution is 2.36. The van der Waals surface area contributed by atoms with E-state index in [4.69, 9.17) is 9.31 Å². The van der Waals surface area contributed by atoms with Gasteiger partial charge in [-0.05, 0) is 57.4 Å². The lowest BCUT2D eigenvalue weighted by atomic mass is 9.79. The summed E-state index contributed by atoms with van der Waals surface area (Å²) in [6.07, 6.45) is 0. The van der Waals surface area contributed by atoms with Crippen molar-refractivity contribution in [1.82, 2.24) is 0 Å². The number of sulfonamides is 1. The van der Waals surface area contributed by atoms with Gasteiger partial charge in [-0.3, -0.25) is 4.72 Å². The highest BCUT2D eigenvalue weighted by molar-refractivity contribution is 7.92. The van der Waals surface area contributed by atoms with Gasteiger partial charge in [0.1, 0.15) is 0 Å². The Balaban J connectivity index is 1.84. The van der Waals surface area contributed by atoms with E-state index in [2.05, 4.69) is 4.72 Å². The SMILES string of the molecule is CC1(C)OB(c2cccc(NS(=O)(=O)c3ccccc3)c2)OC1(C)C. The lowest BCUT2D eigenvalue weighted by Crippen LogP contribution is -2.41. The van der Waals surface area contributed by atoms with Crippen LogP contribution in [-0.4, -0.2) is 26.7 Å². The van der Waals surface area contributed by atoms with Gasteiger partial charge >= 0.3 is 7.12 Å². The van der Waals surface area contributed by atoms with Crippen molar-refractivity contribution in [3.63, 3.8) is 0 Å². The normalized spacial score (nSPS) is 19.0. The van der Waals surface area contributed by atoms with Crippen molar-refractivity contribution in [1.29, 1.82) is 0 Å². The van der Waals surface area contributed by atoms with Crippen LogP contribution in [-0.2, 0) is 19.3 Å². The molecule has 0 saturated carbocycles. The molecule has 25 heavy (non-hydrogen) atoms. The van der Waals surface area contributed by atoms with Crippen LogP contribution < -0.4 is 10.2 Å². The van der Waals surface area contributed by atoms with Crippen molar-refractivity contribution in [2.75, 3.05) is 4.72 Å². The molecule has 1 N–H and O–H groups in total. The molecular weight excluding hydrogens is 337 g/mol. The smallest absolute Gasteiger partial charge is 0.399 e. The predicted molar refractivity (Wildman–Crippen MR) is 99.4 cm³/mol. The third-order valence-corrected chi connectivity index (χ3v) is 6.11. The zero-order chi connectivity index (χ0) is 18.3. The summed E-state index contributed by atoms with van der Waals surface area (Å²) >= 11 is 0. The number of anilines is 1. The summed E-state index contributed by atoms with van der Waals surface area (Å²) in [4.78, 5) is 0.219. The first-order valence-corrected chi connectivity index (χ1v) is 9.63. The van der Waals surface area contributed by atoms with Crippen LogP contribution in [0.15, 0.2) is 59.5 Å². The molecule has 5 nitrogen and oxygen atoms in total. The maximum Gasteiger partial charge on any atom is 0.494 e. The average molecular weight is 359 g/mol. The number of hydrogen-bond donors (Lipinski definition) is 1. The number of rotatable bonds is 4. The van der Waals surface area contributed by atoms with Crippen LogP contribution in [0.5, 0.6) is 0 Å². The molecule has 0 atom stereocenters. The van der Waals surface area contributed by atoms with E-state index in [9.17, 15) is 8.42 Å². The number of benzene rings is 2. The molecule has 1 saturated heterocycles. The lowest BCUT2D eigenvalue weighted by Gasteiger charge is -2.32. The summed E-state index contributed by atoms with van der Waals surface area (Å²) in [6.45, 7) is 7.92. The first-order valence-electron chi connectivity index (χ1n) is 8.14. The van der Waals surface area contributed by atoms with E-state index in [1.807, 2.05) is 33.8 Å². The van der Waals surface area contributed by atoms with Crippen LogP contribution in [0.1, 0.15) is 27.7 Å². The van der Waals surface area contributed by atoms with E-state index < -0.39 is 28.3 Å². The van der Waals surface area contributed by atoms with Crippen LogP contribution in [0.2, 0.25) is 0 Å². The van der Waals surface area contributed by atoms with Crippen LogP contribution in [0.25, 0.3) is 0 Å². The Morgan fingerprint density at radius 2 is 1.48 bits per heavy atom. The zero-order valence-electron chi connectivity index (χ0n) is 14.8. The highest BCUT2D eigenvalue weighted by atomic mass is 32.2. The fraction of sp³-hybridized carbons (Fsp3) is 0.333. The molecule has 0 bridgehead atoms. The van der Waals surface area contributed by atoms with Gasteiger partial charge in [-0.1, -0.05) is 30.3 Å². The molecule has 1 fully saturated rings. The van der Waals surface area contributed by atoms with Crippen LogP contribution in [0.3, 0.4) is 0 Å². The Morgan fingerprint density at radius 3 is 2.08 bits per heavy atom. The summed E-state index contributed by atoms with van der Waals surface area (Å²) in [5.74, 6) is 0. The van der Waals surface area contributed by atoms with Gasteiger partial charge in [0.2, 0.25) is 0 Å². The molecule has 3 rings (SSSR count). The standard InChI is InChI=1S/C18H22BNO4S/c1-17(2)18(3,4)24-19(23-17)14-9-8-10-15(13-14)20-25(21,22)16-11-6-5-7-12-16/h5-13,20H,1-4H3. The molecule has 2 aromatic carbocycles. The highest BCUT2D eigenvalue weighted by Gasteiger charge is 2.51. The molecule has 1 aliphatic heterocycles. The van der Waals surface area contributed by atoms with E-state index >= 15 is 0 Å². The van der Waals surface area contributed by atoms with Gasteiger partial charge in [-0.15, -0.1) is 0 Å². The van der Waals surface area contributed by atoms with E-state index in [0.717, 1.165) is 5.46 Å². The summed E-state index contributed by atoms with van der Waals surface area (Å²) in [5, 5.41) is 0. The molecule has 1 heterocycles. The van der Waals surface area contributed by atoms with E-state index in [1.165, 1.54) is 0 Å². The molecule has 7 heteroatoms. The fourth-order valence-electron chi connectivity index (χ4n) is 2.54. The Bertz CT molecular complexity index is 850. The molecule has 0 spiro atoms. The van der Waals surface area contributed by atoms with Crippen molar-refractivity contribution >= 4 is 28.3 Å². The van der Waals surface area contributed by atoms with Gasteiger partial charge in [0, 0.05) is 5.69 Å². The first kappa shape index (κ1) is 18.0. The second-order valence-electron chi connectivity index (χ2n) is 7.13. The predicted octanol–water partition coefficient (Wildman–Crippen LogP) is 2.79. The topological polar surface area (TPSA) is 64.6 Å². The maximum absolute atomic E-state index is 12.5. The van der Waals surface area contributed by atoms with Gasteiger partial charge in [-0.2, -0.15) is 0 Å². The molecule has 0 amide bonds. The summed E-state index contributed by atoms with van der Waals surface area (Å²) in [6, 6.07) is 15.4. The minimum atomic E-state index is -3.63. The third kappa shape index (κ3) is 3.59. The molecule has 0 aliphatic carbocycles. The van der Waals surface area contributed by atoms with Gasteiger partial charge in [0.25, 0.3) is 10.0 Å². The van der Waals surface area contributed by atoms with Crippen molar-refractivity contribution in [2.45, 2.75) is 43.8 Å².